The first-order valence-electron chi connectivity index (χ1n) is 12.7. The normalized spacial score (nSPS) is 17.4. The predicted octanol–water partition coefficient (Wildman–Crippen LogP) is 6.52. The van der Waals surface area contributed by atoms with Crippen molar-refractivity contribution in [1.82, 2.24) is 0 Å². The average Bonchev–Trinajstić information content (AvgIpc) is 2.89. The third-order valence-electron chi connectivity index (χ3n) is 6.32. The number of carbonyl (C=O) groups is 3. The summed E-state index contributed by atoms with van der Waals surface area (Å²) in [6, 6.07) is 1.37. The highest BCUT2D eigenvalue weighted by Gasteiger charge is 2.49. The number of rotatable bonds is 13. The number of aliphatic imine (C=N–C) groups is 1. The summed E-state index contributed by atoms with van der Waals surface area (Å²) in [5.74, 6) is -7.88. The summed E-state index contributed by atoms with van der Waals surface area (Å²) in [7, 11) is 0.921. The van der Waals surface area contributed by atoms with Gasteiger partial charge in [0.25, 0.3) is 0 Å². The van der Waals surface area contributed by atoms with Gasteiger partial charge in [-0.3, -0.25) is 14.6 Å². The molecule has 0 saturated heterocycles. The molecular formula is C27H31ClF5NO6. The molecule has 0 N–H and O–H groups in total. The second kappa shape index (κ2) is 15.1. The summed E-state index contributed by atoms with van der Waals surface area (Å²) in [5, 5.41) is -0.870. The number of ether oxygens (including phenoxy) is 3. The van der Waals surface area contributed by atoms with E-state index in [0.717, 1.165) is 20.0 Å². The second-order valence-corrected chi connectivity index (χ2v) is 9.40. The number of nitrogens with zero attached hydrogens (tertiary/aromatic N) is 1. The molecular weight excluding hydrogens is 565 g/mol. The lowest BCUT2D eigenvalue weighted by Gasteiger charge is -2.33. The molecule has 0 aliphatic carbocycles. The summed E-state index contributed by atoms with van der Waals surface area (Å²) in [4.78, 5) is 41.2. The number of allylic oxidation sites excluding steroid dienone is 1. The zero-order chi connectivity index (χ0) is 30.0. The molecule has 0 radical (unpaired) electrons. The smallest absolute Gasteiger partial charge is 0.418 e. The fourth-order valence-corrected chi connectivity index (χ4v) is 4.84. The minimum atomic E-state index is -5.18. The Morgan fingerprint density at radius 2 is 1.70 bits per heavy atom. The van der Waals surface area contributed by atoms with Crippen LogP contribution in [0.1, 0.15) is 69.4 Å². The first-order valence-corrected chi connectivity index (χ1v) is 13.1. The summed E-state index contributed by atoms with van der Waals surface area (Å²) >= 11 is 5.82. The van der Waals surface area contributed by atoms with E-state index < -0.39 is 69.9 Å². The molecule has 1 aliphatic heterocycles. The van der Waals surface area contributed by atoms with Crippen LogP contribution in [0.2, 0.25) is 5.02 Å². The number of esters is 3. The van der Waals surface area contributed by atoms with Crippen molar-refractivity contribution < 1.29 is 50.5 Å². The van der Waals surface area contributed by atoms with Crippen LogP contribution in [-0.2, 0) is 34.8 Å². The van der Waals surface area contributed by atoms with Crippen molar-refractivity contribution in [3.05, 3.63) is 45.4 Å². The molecule has 1 aromatic carbocycles. The number of alkyl halides is 4. The van der Waals surface area contributed by atoms with E-state index in [0.29, 0.717) is 44.4 Å². The lowest BCUT2D eigenvalue weighted by atomic mass is 9.73. The Hall–Kier alpha value is -3.02. The van der Waals surface area contributed by atoms with Crippen LogP contribution >= 0.6 is 11.6 Å². The van der Waals surface area contributed by atoms with Crippen LogP contribution in [-0.4, -0.2) is 50.6 Å². The zero-order valence-electron chi connectivity index (χ0n) is 22.3. The SMILES string of the molecule is CCOC(=O)CCCCCCCOC(=O)C1=C(C)N=C(CF)C(C(=O)OC)C1c1c(F)ccc(Cl)c1C(F)(F)F. The van der Waals surface area contributed by atoms with Crippen molar-refractivity contribution in [3.8, 4) is 0 Å². The molecule has 0 aromatic heterocycles. The number of hydrogen-bond donors (Lipinski definition) is 0. The molecule has 13 heteroatoms. The van der Waals surface area contributed by atoms with Crippen LogP contribution in [0.5, 0.6) is 0 Å². The third-order valence-corrected chi connectivity index (χ3v) is 6.63. The van der Waals surface area contributed by atoms with E-state index in [4.69, 9.17) is 21.1 Å². The van der Waals surface area contributed by atoms with Gasteiger partial charge in [-0.25, -0.2) is 13.6 Å². The van der Waals surface area contributed by atoms with E-state index in [1.165, 1.54) is 6.92 Å². The van der Waals surface area contributed by atoms with Crippen LogP contribution in [0, 0.1) is 11.7 Å². The van der Waals surface area contributed by atoms with Crippen LogP contribution in [0.25, 0.3) is 0 Å². The predicted molar refractivity (Wildman–Crippen MR) is 136 cm³/mol. The largest absolute Gasteiger partial charge is 0.468 e. The van der Waals surface area contributed by atoms with Gasteiger partial charge < -0.3 is 14.2 Å². The van der Waals surface area contributed by atoms with Crippen molar-refractivity contribution in [3.63, 3.8) is 0 Å². The minimum Gasteiger partial charge on any atom is -0.468 e. The van der Waals surface area contributed by atoms with E-state index in [1.807, 2.05) is 0 Å². The van der Waals surface area contributed by atoms with Gasteiger partial charge in [0.15, 0.2) is 0 Å². The van der Waals surface area contributed by atoms with Crippen LogP contribution in [0.4, 0.5) is 22.0 Å². The fraction of sp³-hybridized carbons (Fsp3) is 0.556. The second-order valence-electron chi connectivity index (χ2n) is 8.99. The van der Waals surface area contributed by atoms with Gasteiger partial charge in [0, 0.05) is 23.6 Å². The molecule has 0 bridgehead atoms. The molecule has 1 heterocycles. The Morgan fingerprint density at radius 3 is 2.30 bits per heavy atom. The topological polar surface area (TPSA) is 91.3 Å². The molecule has 1 aromatic rings. The summed E-state index contributed by atoms with van der Waals surface area (Å²) < 4.78 is 86.2. The molecule has 40 heavy (non-hydrogen) atoms. The minimum absolute atomic E-state index is 0.132. The van der Waals surface area contributed by atoms with Crippen molar-refractivity contribution in [2.75, 3.05) is 27.0 Å². The van der Waals surface area contributed by atoms with Gasteiger partial charge in [0.1, 0.15) is 18.4 Å². The maximum Gasteiger partial charge on any atom is 0.418 e. The third kappa shape index (κ3) is 8.25. The van der Waals surface area contributed by atoms with E-state index in [9.17, 15) is 31.9 Å². The molecule has 2 atom stereocenters. The zero-order valence-corrected chi connectivity index (χ0v) is 23.1. The van der Waals surface area contributed by atoms with E-state index in [-0.39, 0.29) is 18.3 Å². The first kappa shape index (κ1) is 33.2. The van der Waals surface area contributed by atoms with Crippen LogP contribution in [0.3, 0.4) is 0 Å². The van der Waals surface area contributed by atoms with Crippen molar-refractivity contribution in [2.24, 2.45) is 10.9 Å². The Morgan fingerprint density at radius 1 is 1.05 bits per heavy atom. The monoisotopic (exact) mass is 595 g/mol. The summed E-state index contributed by atoms with van der Waals surface area (Å²) in [5.41, 5.74) is -4.00. The first-order chi connectivity index (χ1) is 18.9. The number of halogens is 6. The highest BCUT2D eigenvalue weighted by Crippen LogP contribution is 2.48. The van der Waals surface area contributed by atoms with Crippen molar-refractivity contribution >= 4 is 35.2 Å². The van der Waals surface area contributed by atoms with Gasteiger partial charge >= 0.3 is 24.1 Å². The highest BCUT2D eigenvalue weighted by molar-refractivity contribution is 6.31. The van der Waals surface area contributed by atoms with Crippen molar-refractivity contribution in [2.45, 2.75) is 64.5 Å². The van der Waals surface area contributed by atoms with Gasteiger partial charge in [0.05, 0.1) is 42.2 Å². The quantitative estimate of drug-likeness (QED) is 0.112. The molecule has 1 aliphatic rings. The Kier molecular flexibility index (Phi) is 12.5. The molecule has 222 valence electrons. The fourth-order valence-electron chi connectivity index (χ4n) is 4.56. The van der Waals surface area contributed by atoms with Gasteiger partial charge in [0.2, 0.25) is 0 Å². The lowest BCUT2D eigenvalue weighted by Crippen LogP contribution is -2.39. The van der Waals surface area contributed by atoms with Gasteiger partial charge in [-0.05, 0) is 38.8 Å². The lowest BCUT2D eigenvalue weighted by molar-refractivity contribution is -0.146. The summed E-state index contributed by atoms with van der Waals surface area (Å²) in [6.07, 6.45) is -1.80. The maximum absolute atomic E-state index is 15.2. The van der Waals surface area contributed by atoms with Gasteiger partial charge in [-0.15, -0.1) is 0 Å². The standard InChI is InChI=1S/C27H31ClF5NO6/c1-4-39-19(35)10-8-6-5-7-9-13-40-26(37)20-15(2)34-18(14-29)22(25(36)38-3)23(20)21-17(30)12-11-16(28)24(21)27(31,32)33/h11-12,22-23H,4-10,13-14H2,1-3H3. The molecule has 0 amide bonds. The van der Waals surface area contributed by atoms with Crippen molar-refractivity contribution in [1.29, 1.82) is 0 Å². The van der Waals surface area contributed by atoms with E-state index >= 15 is 4.39 Å². The van der Waals surface area contributed by atoms with Gasteiger partial charge in [-0.2, -0.15) is 13.2 Å². The van der Waals surface area contributed by atoms with E-state index in [2.05, 4.69) is 9.73 Å². The van der Waals surface area contributed by atoms with Crippen LogP contribution in [0.15, 0.2) is 28.4 Å². The number of hydrogen-bond acceptors (Lipinski definition) is 7. The van der Waals surface area contributed by atoms with E-state index in [1.54, 1.807) is 6.92 Å². The number of unbranched alkanes of at least 4 members (excludes halogenated alkanes) is 4. The molecule has 2 unspecified atom stereocenters. The molecule has 2 rings (SSSR count). The number of methoxy groups -OCH3 is 1. The maximum atomic E-state index is 15.2. The Balaban J connectivity index is 2.33. The molecule has 7 nitrogen and oxygen atoms in total. The summed E-state index contributed by atoms with van der Waals surface area (Å²) in [6.45, 7) is 1.76. The van der Waals surface area contributed by atoms with Crippen LogP contribution < -0.4 is 0 Å². The molecule has 0 spiro atoms. The molecule has 0 saturated carbocycles. The number of benzene rings is 1. The Labute approximate surface area is 233 Å². The number of carbonyl (C=O) groups excluding carboxylic acids is 3. The molecule has 0 fully saturated rings. The highest BCUT2D eigenvalue weighted by atomic mass is 35.5. The average molecular weight is 596 g/mol. The Bertz CT molecular complexity index is 1150. The van der Waals surface area contributed by atoms with Gasteiger partial charge in [-0.1, -0.05) is 30.9 Å².